The maximum absolute atomic E-state index is 15.1. The topological polar surface area (TPSA) is 210 Å². The SMILES string of the molecule is COc1ccc(C(NC(=O)N2CCN(CCCNC(=O)OC(C)(C)C)C(=O)C2=O)C(=O)N[C@@H](Cc2cccc(C(=O)OC(C)(C)C)c2OC)B2O[C@@H]3C[C@@H]4C[C@@H](C4(C)C)[C@]3(C)O2)c(Cl)c1OC. The number of methoxy groups -OCH3 is 3. The van der Waals surface area contributed by atoms with E-state index >= 15 is 4.79 Å². The number of para-hydroxylation sites is 1. The monoisotopic (exact) mass is 953 g/mol. The molecule has 18 nitrogen and oxygen atoms in total. The molecule has 67 heavy (non-hydrogen) atoms. The van der Waals surface area contributed by atoms with E-state index in [1.54, 1.807) is 59.7 Å². The molecule has 1 unspecified atom stereocenters. The van der Waals surface area contributed by atoms with Gasteiger partial charge in [-0.3, -0.25) is 19.3 Å². The van der Waals surface area contributed by atoms with Crippen molar-refractivity contribution in [1.29, 1.82) is 0 Å². The van der Waals surface area contributed by atoms with Gasteiger partial charge in [-0.05, 0) is 109 Å². The van der Waals surface area contributed by atoms with Gasteiger partial charge in [0, 0.05) is 31.7 Å². The van der Waals surface area contributed by atoms with Crippen LogP contribution in [0.15, 0.2) is 30.3 Å². The Morgan fingerprint density at radius 3 is 2.19 bits per heavy atom. The zero-order valence-corrected chi connectivity index (χ0v) is 41.3. The van der Waals surface area contributed by atoms with Gasteiger partial charge in [-0.25, -0.2) is 14.4 Å². The van der Waals surface area contributed by atoms with E-state index in [0.29, 0.717) is 17.9 Å². The number of halogens is 1. The van der Waals surface area contributed by atoms with Crippen molar-refractivity contribution in [1.82, 2.24) is 25.8 Å². The Morgan fingerprint density at radius 2 is 1.57 bits per heavy atom. The predicted molar refractivity (Wildman–Crippen MR) is 247 cm³/mol. The van der Waals surface area contributed by atoms with Crippen LogP contribution in [0.25, 0.3) is 0 Å². The highest BCUT2D eigenvalue weighted by molar-refractivity contribution is 6.48. The molecule has 2 aliphatic heterocycles. The van der Waals surface area contributed by atoms with E-state index in [-0.39, 0.29) is 83.4 Å². The zero-order valence-electron chi connectivity index (χ0n) is 40.6. The Kier molecular flexibility index (Phi) is 15.1. The van der Waals surface area contributed by atoms with Crippen molar-refractivity contribution in [3.05, 3.63) is 52.0 Å². The summed E-state index contributed by atoms with van der Waals surface area (Å²) < 4.78 is 41.4. The maximum Gasteiger partial charge on any atom is 0.482 e. The van der Waals surface area contributed by atoms with E-state index in [0.717, 1.165) is 17.7 Å². The Bertz CT molecular complexity index is 2250. The molecule has 366 valence electrons. The number of nitrogens with one attached hydrogen (secondary N) is 3. The van der Waals surface area contributed by atoms with Crippen molar-refractivity contribution >= 4 is 54.5 Å². The van der Waals surface area contributed by atoms with E-state index in [2.05, 4.69) is 29.8 Å². The first-order chi connectivity index (χ1) is 31.3. The van der Waals surface area contributed by atoms with Gasteiger partial charge in [0.15, 0.2) is 11.5 Å². The molecular weight excluding hydrogens is 889 g/mol. The van der Waals surface area contributed by atoms with Crippen LogP contribution < -0.4 is 30.2 Å². The minimum absolute atomic E-state index is 0.000373. The van der Waals surface area contributed by atoms with E-state index < -0.39 is 71.7 Å². The summed E-state index contributed by atoms with van der Waals surface area (Å²) in [4.78, 5) is 83.7. The molecule has 6 amide bonds. The van der Waals surface area contributed by atoms with Crippen LogP contribution in [0, 0.1) is 17.3 Å². The fourth-order valence-electron chi connectivity index (χ4n) is 9.74. The fraction of sp³-hybridized carbons (Fsp3) is 0.617. The molecule has 5 fully saturated rings. The second kappa shape index (κ2) is 19.8. The number of imide groups is 1. The minimum atomic E-state index is -1.59. The highest BCUT2D eigenvalue weighted by Crippen LogP contribution is 2.65. The Balaban J connectivity index is 1.29. The van der Waals surface area contributed by atoms with Crippen molar-refractivity contribution in [3.63, 3.8) is 0 Å². The number of hydrogen-bond donors (Lipinski definition) is 3. The zero-order chi connectivity index (χ0) is 49.4. The number of carbonyl (C=O) groups excluding carboxylic acids is 6. The molecule has 2 saturated heterocycles. The summed E-state index contributed by atoms with van der Waals surface area (Å²) in [6.45, 7) is 17.1. The second-order valence-electron chi connectivity index (χ2n) is 20.3. The summed E-state index contributed by atoms with van der Waals surface area (Å²) in [6.07, 6.45) is 1.19. The first kappa shape index (κ1) is 51.1. The van der Waals surface area contributed by atoms with Crippen molar-refractivity contribution in [2.75, 3.05) is 47.5 Å². The lowest BCUT2D eigenvalue weighted by molar-refractivity contribution is -0.199. The number of piperazine rings is 1. The molecule has 2 aromatic rings. The summed E-state index contributed by atoms with van der Waals surface area (Å²) in [5.41, 5.74) is -1.36. The summed E-state index contributed by atoms with van der Waals surface area (Å²) in [5.74, 6) is -3.21. The van der Waals surface area contributed by atoms with Crippen LogP contribution in [0.5, 0.6) is 17.2 Å². The lowest BCUT2D eigenvalue weighted by Gasteiger charge is -2.64. The average molecular weight is 954 g/mol. The third-order valence-corrected chi connectivity index (χ3v) is 13.6. The van der Waals surface area contributed by atoms with Gasteiger partial charge in [0.2, 0.25) is 5.91 Å². The van der Waals surface area contributed by atoms with Gasteiger partial charge in [0.05, 0.1) is 44.0 Å². The third kappa shape index (κ3) is 10.9. The van der Waals surface area contributed by atoms with Gasteiger partial charge >= 0.3 is 37.0 Å². The summed E-state index contributed by atoms with van der Waals surface area (Å²) in [6, 6.07) is 5.43. The Morgan fingerprint density at radius 1 is 0.881 bits per heavy atom. The normalized spacial score (nSPS) is 23.0. The number of urea groups is 1. The van der Waals surface area contributed by atoms with E-state index in [9.17, 15) is 24.0 Å². The quantitative estimate of drug-likeness (QED) is 0.0854. The van der Waals surface area contributed by atoms with Crippen LogP contribution in [0.3, 0.4) is 0 Å². The molecule has 3 saturated carbocycles. The van der Waals surface area contributed by atoms with Gasteiger partial charge in [-0.2, -0.15) is 0 Å². The molecule has 7 rings (SSSR count). The largest absolute Gasteiger partial charge is 0.496 e. The first-order valence-corrected chi connectivity index (χ1v) is 23.0. The average Bonchev–Trinajstić information content (AvgIpc) is 3.61. The molecule has 6 atom stereocenters. The van der Waals surface area contributed by atoms with Crippen LogP contribution in [-0.2, 0) is 39.6 Å². The second-order valence-corrected chi connectivity index (χ2v) is 20.7. The standard InChI is InChI=1S/C47H65BClN5O13/c1-44(2,3)64-41(58)29-16-13-15-26(36(29)62-11)23-33(48-66-32-25-27-24-31(46(27,7)8)47(32,9)67-48)51-38(55)35(28-17-18-30(61-10)37(63-12)34(28)49)52-42(59)54-22-21-53(39(56)40(54)57)20-14-19-50-43(60)65-45(4,5)6/h13,15-18,27,31-33,35H,14,19-25H2,1-12H3,(H,50,60)(H,51,55)(H,52,59)/t27-,31-,32+,33-,35?,47-/m0/s1. The van der Waals surface area contributed by atoms with Crippen molar-refractivity contribution in [3.8, 4) is 17.2 Å². The molecule has 2 heterocycles. The molecule has 2 aromatic carbocycles. The summed E-state index contributed by atoms with van der Waals surface area (Å²) >= 11 is 6.94. The Labute approximate surface area is 397 Å². The van der Waals surface area contributed by atoms with Crippen LogP contribution in [0.2, 0.25) is 5.02 Å². The number of hydrogen-bond acceptors (Lipinski definition) is 13. The van der Waals surface area contributed by atoms with E-state index in [1.165, 1.54) is 38.4 Å². The molecule has 0 aromatic heterocycles. The molecule has 3 aliphatic carbocycles. The minimum Gasteiger partial charge on any atom is -0.496 e. The van der Waals surface area contributed by atoms with Gasteiger partial charge in [0.1, 0.15) is 28.6 Å². The summed E-state index contributed by atoms with van der Waals surface area (Å²) in [7, 11) is 3.22. The van der Waals surface area contributed by atoms with Gasteiger partial charge in [-0.15, -0.1) is 0 Å². The van der Waals surface area contributed by atoms with Crippen LogP contribution in [-0.4, -0.2) is 129 Å². The van der Waals surface area contributed by atoms with Crippen molar-refractivity contribution < 1.29 is 61.8 Å². The molecule has 3 N–H and O–H groups in total. The number of amides is 6. The number of rotatable bonds is 15. The van der Waals surface area contributed by atoms with Crippen LogP contribution in [0.1, 0.15) is 109 Å². The number of esters is 1. The maximum atomic E-state index is 15.1. The molecule has 2 bridgehead atoms. The fourth-order valence-corrected chi connectivity index (χ4v) is 10.1. The highest BCUT2D eigenvalue weighted by Gasteiger charge is 2.68. The van der Waals surface area contributed by atoms with Crippen molar-refractivity contribution in [2.24, 2.45) is 17.3 Å². The number of alkyl carbamates (subject to hydrolysis) is 1. The Hall–Kier alpha value is -5.27. The van der Waals surface area contributed by atoms with Crippen LogP contribution >= 0.6 is 11.6 Å². The predicted octanol–water partition coefficient (Wildman–Crippen LogP) is 5.65. The lowest BCUT2D eigenvalue weighted by atomic mass is 9.43. The molecule has 0 spiro atoms. The number of benzene rings is 2. The first-order valence-electron chi connectivity index (χ1n) is 22.6. The van der Waals surface area contributed by atoms with Gasteiger partial charge < -0.3 is 53.8 Å². The molecule has 5 aliphatic rings. The number of carbonyl (C=O) groups is 6. The smallest absolute Gasteiger partial charge is 0.482 e. The number of nitrogens with zero attached hydrogens (tertiary/aromatic N) is 2. The number of ether oxygens (including phenoxy) is 5. The molecule has 0 radical (unpaired) electrons. The molecular formula is C47H65BClN5O13. The summed E-state index contributed by atoms with van der Waals surface area (Å²) in [5, 5.41) is 8.30. The van der Waals surface area contributed by atoms with Crippen molar-refractivity contribution in [2.45, 2.75) is 123 Å². The van der Waals surface area contributed by atoms with Gasteiger partial charge in [0.25, 0.3) is 0 Å². The van der Waals surface area contributed by atoms with Crippen LogP contribution in [0.4, 0.5) is 9.59 Å². The third-order valence-electron chi connectivity index (χ3n) is 13.2. The highest BCUT2D eigenvalue weighted by atomic mass is 35.5. The molecule has 20 heteroatoms. The van der Waals surface area contributed by atoms with E-state index in [1.807, 2.05) is 6.92 Å². The van der Waals surface area contributed by atoms with E-state index in [4.69, 9.17) is 44.6 Å². The lowest BCUT2D eigenvalue weighted by Crippen LogP contribution is -2.65. The van der Waals surface area contributed by atoms with Gasteiger partial charge in [-0.1, -0.05) is 43.6 Å².